The van der Waals surface area contributed by atoms with E-state index in [9.17, 15) is 4.79 Å². The van der Waals surface area contributed by atoms with E-state index in [2.05, 4.69) is 23.8 Å². The van der Waals surface area contributed by atoms with Gasteiger partial charge < -0.3 is 9.47 Å². The fourth-order valence-electron chi connectivity index (χ4n) is 4.00. The van der Waals surface area contributed by atoms with Gasteiger partial charge in [-0.15, -0.1) is 0 Å². The van der Waals surface area contributed by atoms with Crippen molar-refractivity contribution in [3.63, 3.8) is 0 Å². The molecule has 6 heteroatoms. The molecule has 1 unspecified atom stereocenters. The van der Waals surface area contributed by atoms with Crippen LogP contribution in [-0.4, -0.2) is 22.9 Å². The van der Waals surface area contributed by atoms with Crippen molar-refractivity contribution in [2.75, 3.05) is 7.11 Å². The second-order valence-corrected chi connectivity index (χ2v) is 8.50. The van der Waals surface area contributed by atoms with Crippen LogP contribution in [0.4, 0.5) is 0 Å². The maximum Gasteiger partial charge on any atom is 0.174 e. The molecule has 2 heterocycles. The van der Waals surface area contributed by atoms with Crippen LogP contribution >= 0.6 is 11.6 Å². The smallest absolute Gasteiger partial charge is 0.174 e. The Kier molecular flexibility index (Phi) is 5.48. The monoisotopic (exact) mass is 422 g/mol. The molecule has 5 nitrogen and oxygen atoms in total. The average Bonchev–Trinajstić information content (AvgIpc) is 2.72. The summed E-state index contributed by atoms with van der Waals surface area (Å²) in [5, 5.41) is 0.400. The van der Waals surface area contributed by atoms with Crippen molar-refractivity contribution in [1.82, 2.24) is 9.97 Å². The molecule has 3 aromatic rings. The lowest BCUT2D eigenvalue weighted by atomic mass is 9.66. The number of fused-ring (bicyclic) bond motifs is 1. The van der Waals surface area contributed by atoms with Gasteiger partial charge in [-0.05, 0) is 53.8 Å². The Bertz CT molecular complexity index is 1080. The van der Waals surface area contributed by atoms with E-state index in [1.54, 1.807) is 25.4 Å². The molecule has 1 aromatic carbocycles. The first-order valence-corrected chi connectivity index (χ1v) is 10.2. The average molecular weight is 423 g/mol. The van der Waals surface area contributed by atoms with E-state index in [4.69, 9.17) is 21.1 Å². The molecule has 0 saturated carbocycles. The maximum atomic E-state index is 13.4. The molecular formula is C24H23ClN2O3. The summed E-state index contributed by atoms with van der Waals surface area (Å²) in [6, 6.07) is 14.8. The molecule has 0 spiro atoms. The summed E-state index contributed by atoms with van der Waals surface area (Å²) in [6.07, 6.45) is 2.34. The molecule has 154 valence electrons. The van der Waals surface area contributed by atoms with Gasteiger partial charge in [-0.25, -0.2) is 4.98 Å². The zero-order chi connectivity index (χ0) is 21.3. The number of hydrogen-bond donors (Lipinski definition) is 0. The molecular weight excluding hydrogens is 400 g/mol. The Hall–Kier alpha value is -2.92. The number of Topliss-reactive ketones (excluding diaryl/α,β-unsaturated/α-hetero) is 1. The highest BCUT2D eigenvalue weighted by Gasteiger charge is 2.45. The lowest BCUT2D eigenvalue weighted by Crippen LogP contribution is -2.37. The summed E-state index contributed by atoms with van der Waals surface area (Å²) in [7, 11) is 1.64. The molecule has 0 aliphatic heterocycles. The van der Waals surface area contributed by atoms with Gasteiger partial charge in [0.1, 0.15) is 23.3 Å². The Morgan fingerprint density at radius 2 is 1.90 bits per heavy atom. The number of benzene rings is 1. The van der Waals surface area contributed by atoms with Crippen LogP contribution in [0.3, 0.4) is 0 Å². The van der Waals surface area contributed by atoms with Crippen molar-refractivity contribution in [1.29, 1.82) is 0 Å². The molecule has 30 heavy (non-hydrogen) atoms. The molecule has 1 atom stereocenters. The van der Waals surface area contributed by atoms with Gasteiger partial charge in [-0.2, -0.15) is 0 Å². The van der Waals surface area contributed by atoms with Crippen LogP contribution in [0.2, 0.25) is 5.15 Å². The number of ketones is 1. The Morgan fingerprint density at radius 3 is 2.63 bits per heavy atom. The number of hydrogen-bond acceptors (Lipinski definition) is 5. The number of carbonyl (C=O) groups is 1. The molecule has 0 fully saturated rings. The van der Waals surface area contributed by atoms with E-state index >= 15 is 0 Å². The quantitative estimate of drug-likeness (QED) is 0.524. The van der Waals surface area contributed by atoms with Crippen molar-refractivity contribution in [2.24, 2.45) is 5.41 Å². The highest BCUT2D eigenvalue weighted by molar-refractivity contribution is 6.29. The maximum absolute atomic E-state index is 13.4. The fourth-order valence-corrected chi connectivity index (χ4v) is 4.16. The Balaban J connectivity index is 1.65. The van der Waals surface area contributed by atoms with Crippen LogP contribution in [-0.2, 0) is 13.0 Å². The zero-order valence-corrected chi connectivity index (χ0v) is 17.9. The summed E-state index contributed by atoms with van der Waals surface area (Å²) < 4.78 is 11.3. The summed E-state index contributed by atoms with van der Waals surface area (Å²) in [4.78, 5) is 22.4. The van der Waals surface area contributed by atoms with Gasteiger partial charge in [-0.1, -0.05) is 37.6 Å². The highest BCUT2D eigenvalue weighted by atomic mass is 35.5. The minimum absolute atomic E-state index is 0.00147. The van der Waals surface area contributed by atoms with Crippen molar-refractivity contribution >= 4 is 17.4 Å². The van der Waals surface area contributed by atoms with Crippen LogP contribution in [0.15, 0.2) is 54.7 Å². The lowest BCUT2D eigenvalue weighted by molar-refractivity contribution is 0.0850. The summed E-state index contributed by atoms with van der Waals surface area (Å²) in [6.45, 7) is 4.49. The van der Waals surface area contributed by atoms with E-state index in [0.29, 0.717) is 35.2 Å². The zero-order valence-electron chi connectivity index (χ0n) is 17.2. The van der Waals surface area contributed by atoms with E-state index in [1.165, 1.54) is 0 Å². The highest BCUT2D eigenvalue weighted by Crippen LogP contribution is 2.46. The lowest BCUT2D eigenvalue weighted by Gasteiger charge is -2.38. The summed E-state index contributed by atoms with van der Waals surface area (Å²) in [5.74, 6) is 0.978. The first kappa shape index (κ1) is 20.4. The number of aromatic nitrogens is 2. The number of ether oxygens (including phenoxy) is 2. The number of rotatable bonds is 5. The van der Waals surface area contributed by atoms with Gasteiger partial charge in [-0.3, -0.25) is 9.78 Å². The molecule has 0 radical (unpaired) electrons. The van der Waals surface area contributed by atoms with E-state index in [-0.39, 0.29) is 11.2 Å². The minimum atomic E-state index is -0.431. The molecule has 0 amide bonds. The molecule has 1 aliphatic carbocycles. The van der Waals surface area contributed by atoms with E-state index < -0.39 is 5.92 Å². The predicted octanol–water partition coefficient (Wildman–Crippen LogP) is 5.27. The normalized spacial score (nSPS) is 17.3. The number of carbonyl (C=O) groups excluding carboxylic acids is 1. The third-order valence-corrected chi connectivity index (χ3v) is 5.71. The van der Waals surface area contributed by atoms with E-state index in [1.807, 2.05) is 36.4 Å². The number of pyridine rings is 2. The van der Waals surface area contributed by atoms with Crippen molar-refractivity contribution in [3.8, 4) is 11.5 Å². The third kappa shape index (κ3) is 3.90. The Morgan fingerprint density at radius 1 is 1.13 bits per heavy atom. The van der Waals surface area contributed by atoms with Crippen molar-refractivity contribution < 1.29 is 14.3 Å². The second-order valence-electron chi connectivity index (χ2n) is 8.11. The van der Waals surface area contributed by atoms with Crippen molar-refractivity contribution in [2.45, 2.75) is 32.8 Å². The summed E-state index contributed by atoms with van der Waals surface area (Å²) in [5.41, 5.74) is 2.63. The molecule has 0 saturated heterocycles. The first-order chi connectivity index (χ1) is 14.4. The molecule has 0 N–H and O–H groups in total. The van der Waals surface area contributed by atoms with Crippen LogP contribution < -0.4 is 9.47 Å². The van der Waals surface area contributed by atoms with E-state index in [0.717, 1.165) is 17.0 Å². The topological polar surface area (TPSA) is 61.3 Å². The molecule has 0 bridgehead atoms. The van der Waals surface area contributed by atoms with Crippen LogP contribution in [0.25, 0.3) is 0 Å². The van der Waals surface area contributed by atoms with Crippen LogP contribution in [0.5, 0.6) is 11.5 Å². The third-order valence-electron chi connectivity index (χ3n) is 5.50. The largest absolute Gasteiger partial charge is 0.497 e. The second kappa shape index (κ2) is 8.07. The fraction of sp³-hybridized carbons (Fsp3) is 0.292. The van der Waals surface area contributed by atoms with Gasteiger partial charge in [0.05, 0.1) is 24.4 Å². The summed E-state index contributed by atoms with van der Waals surface area (Å²) >= 11 is 6.05. The van der Waals surface area contributed by atoms with Gasteiger partial charge in [0.2, 0.25) is 0 Å². The van der Waals surface area contributed by atoms with Gasteiger partial charge >= 0.3 is 0 Å². The van der Waals surface area contributed by atoms with Crippen LogP contribution in [0.1, 0.15) is 47.1 Å². The van der Waals surface area contributed by atoms with Gasteiger partial charge in [0.15, 0.2) is 5.78 Å². The number of halogens is 1. The number of nitrogens with zero attached hydrogens (tertiary/aromatic N) is 2. The predicted molar refractivity (Wildman–Crippen MR) is 115 cm³/mol. The number of methoxy groups -OCH3 is 1. The SMILES string of the molecule is COc1ccc(COc2cccnc2C2C(=O)c3ccc(Cl)nc3CC2(C)C)cc1. The van der Waals surface area contributed by atoms with Crippen molar-refractivity contribution in [3.05, 3.63) is 82.4 Å². The van der Waals surface area contributed by atoms with Gasteiger partial charge in [0.25, 0.3) is 0 Å². The minimum Gasteiger partial charge on any atom is -0.497 e. The molecule has 1 aliphatic rings. The van der Waals surface area contributed by atoms with Crippen LogP contribution in [0, 0.1) is 5.41 Å². The standard InChI is InChI=1S/C24H23ClN2O3/c1-24(2)13-18-17(10-11-20(25)27-18)23(28)21(24)22-19(5-4-12-26-22)30-14-15-6-8-16(29-3)9-7-15/h4-12,21H,13-14H2,1-3H3. The van der Waals surface area contributed by atoms with Gasteiger partial charge in [0, 0.05) is 11.8 Å². The molecule has 4 rings (SSSR count). The first-order valence-electron chi connectivity index (χ1n) is 9.79. The molecule has 2 aromatic heterocycles. The Labute approximate surface area is 181 Å².